The van der Waals surface area contributed by atoms with Crippen LogP contribution in [0.25, 0.3) is 33.2 Å². The van der Waals surface area contributed by atoms with Crippen molar-refractivity contribution < 1.29 is 60.3 Å². The Labute approximate surface area is 726 Å². The van der Waals surface area contributed by atoms with Gasteiger partial charge in [0.05, 0.1) is 37.6 Å². The topological polar surface area (TPSA) is 354 Å². The first kappa shape index (κ1) is 88.7. The Kier molecular flexibility index (Phi) is 28.2. The molecule has 4 saturated heterocycles. The van der Waals surface area contributed by atoms with Gasteiger partial charge >= 0.3 is 5.97 Å². The molecule has 31 heteroatoms. The van der Waals surface area contributed by atoms with E-state index in [0.717, 1.165) is 199 Å². The number of primary sulfonamides is 1. The van der Waals surface area contributed by atoms with Gasteiger partial charge in [-0.1, -0.05) is 98.4 Å². The van der Waals surface area contributed by atoms with E-state index in [9.17, 15) is 51.8 Å². The van der Waals surface area contributed by atoms with Gasteiger partial charge in [0.25, 0.3) is 27.3 Å². The molecule has 27 nitrogen and oxygen atoms in total. The molecule has 0 radical (unpaired) electrons. The van der Waals surface area contributed by atoms with Gasteiger partial charge in [-0.2, -0.15) is 0 Å². The lowest BCUT2D eigenvalue weighted by Crippen LogP contribution is -2.47. The number of rotatable bonds is 25. The van der Waals surface area contributed by atoms with E-state index in [1.807, 2.05) is 60.8 Å². The maximum Gasteiger partial charge on any atom is 0.339 e. The van der Waals surface area contributed by atoms with Gasteiger partial charge in [0.2, 0.25) is 10.0 Å². The van der Waals surface area contributed by atoms with Crippen molar-refractivity contribution in [2.45, 2.75) is 127 Å². The summed E-state index contributed by atoms with van der Waals surface area (Å²) in [6, 6.07) is 42.0. The molecule has 2 aliphatic carbocycles. The number of nitro groups is 2. The zero-order chi connectivity index (χ0) is 86.7. The number of anilines is 2. The van der Waals surface area contributed by atoms with Crippen LogP contribution in [0.2, 0.25) is 10.0 Å². The number of carboxylic acid groups (broad SMARTS) is 1. The van der Waals surface area contributed by atoms with Crippen LogP contribution in [0.1, 0.15) is 148 Å². The van der Waals surface area contributed by atoms with Crippen LogP contribution in [0.15, 0.2) is 191 Å². The number of amides is 1. The Balaban J connectivity index is 0.000000170. The lowest BCUT2D eigenvalue weighted by molar-refractivity contribution is -0.385. The number of nitrogens with two attached hydrogens (primary N) is 1. The number of allylic oxidation sites excluding steroid dienone is 2. The molecule has 10 aromatic rings. The first-order valence-corrected chi connectivity index (χ1v) is 45.6. The molecule has 6 aromatic carbocycles. The van der Waals surface area contributed by atoms with E-state index in [2.05, 4.69) is 96.2 Å². The summed E-state index contributed by atoms with van der Waals surface area (Å²) in [5.41, 5.74) is 12.7. The lowest BCUT2D eigenvalue weighted by Gasteiger charge is -2.39. The molecule has 8 heterocycles. The van der Waals surface area contributed by atoms with E-state index in [4.69, 9.17) is 47.3 Å². The number of carboxylic acids is 1. The molecule has 0 saturated carbocycles. The molecule has 0 spiro atoms. The van der Waals surface area contributed by atoms with Crippen molar-refractivity contribution in [1.82, 2.24) is 34.5 Å². The van der Waals surface area contributed by atoms with E-state index < -0.39 is 41.8 Å². The van der Waals surface area contributed by atoms with Crippen LogP contribution in [-0.4, -0.2) is 165 Å². The largest absolute Gasteiger partial charge is 0.478 e. The second-order valence-electron chi connectivity index (χ2n) is 34.2. The van der Waals surface area contributed by atoms with Crippen molar-refractivity contribution in [1.29, 1.82) is 0 Å². The van der Waals surface area contributed by atoms with E-state index in [1.54, 1.807) is 42.7 Å². The van der Waals surface area contributed by atoms with Gasteiger partial charge in [-0.3, -0.25) is 34.8 Å². The minimum Gasteiger partial charge on any atom is -0.478 e. The number of pyridine rings is 2. The number of benzene rings is 6. The third-order valence-corrected chi connectivity index (χ3v) is 27.1. The first-order valence-electron chi connectivity index (χ1n) is 41.8. The maximum absolute atomic E-state index is 13.9. The van der Waals surface area contributed by atoms with Crippen LogP contribution in [0.5, 0.6) is 23.0 Å². The summed E-state index contributed by atoms with van der Waals surface area (Å²) in [5.74, 6) is 0.243. The molecule has 4 aromatic heterocycles. The highest BCUT2D eigenvalue weighted by Gasteiger charge is 2.34. The Bertz CT molecular complexity index is 5810. The summed E-state index contributed by atoms with van der Waals surface area (Å²) in [7, 11) is -8.46. The van der Waals surface area contributed by atoms with Crippen LogP contribution in [0, 0.1) is 42.9 Å². The minimum atomic E-state index is -4.52. The number of hydrogen-bond donors (Lipinski definition) is 5. The van der Waals surface area contributed by atoms with Crippen LogP contribution >= 0.6 is 23.2 Å². The van der Waals surface area contributed by atoms with Crippen molar-refractivity contribution in [3.63, 3.8) is 0 Å². The maximum atomic E-state index is 13.9. The van der Waals surface area contributed by atoms with Gasteiger partial charge in [0.1, 0.15) is 39.9 Å². The van der Waals surface area contributed by atoms with Gasteiger partial charge in [0, 0.05) is 172 Å². The molecule has 648 valence electrons. The predicted molar refractivity (Wildman–Crippen MR) is 477 cm³/mol. The Morgan fingerprint density at radius 1 is 0.561 bits per heavy atom. The third-order valence-electron chi connectivity index (χ3n) is 24.4. The predicted octanol–water partition coefficient (Wildman–Crippen LogP) is 18.3. The number of carbonyl (C=O) groups excluding carboxylic acids is 1. The molecule has 0 unspecified atom stereocenters. The number of aromatic amines is 2. The molecule has 16 rings (SSSR count). The van der Waals surface area contributed by atoms with E-state index >= 15 is 0 Å². The fourth-order valence-electron chi connectivity index (χ4n) is 17.2. The molecular weight excluding hydrogens is 1650 g/mol. The standard InChI is InChI=1S/C46H51ClN6O7S.C33H35ClN4O3.C13H18N2O5S/c1-46(2)17-13-35(41(28-46)32-5-8-36(47)9-6-32)30-51-19-21-52(22-20-51)37-10-12-40(43(26-37)60-38-25-34-14-18-48-44(34)49-29-38)45(54)50-61(57,58)39-11-7-33(42(27-39)53(55)56)4-3-31-15-23-59-24-16-31;1-33(2)11-9-24(29(19-33)22-3-5-25(34)6-4-22)21-37-13-15-38(16-14-37)26-7-8-28(32(39)40)30(18-26)41-27-17-23-10-12-35-31(23)36-20-27;14-21(18,19)12-4-3-11(13(9-12)15(16)17)2-1-10-5-7-20-8-6-10/h5-12,14,18,25-27,29,31H,3-4,13,15-17,19-24,28,30H2,1-2H3,(H,48,49)(H,50,54);3-8,10,12,17-18,20H,9,11,13-16,19,21H2,1-2H3,(H,35,36)(H,39,40);3-4,9-10H,1-2,5-8H2,(H2,14,18,19). The Hall–Kier alpha value is -10.6. The number of carbonyl (C=O) groups is 2. The van der Waals surface area contributed by atoms with E-state index in [1.165, 1.54) is 70.3 Å². The van der Waals surface area contributed by atoms with Gasteiger partial charge < -0.3 is 43.8 Å². The summed E-state index contributed by atoms with van der Waals surface area (Å²) in [4.78, 5) is 71.8. The number of nitro benzene ring substituents is 2. The first-order chi connectivity index (χ1) is 58.9. The second kappa shape index (κ2) is 39.1. The van der Waals surface area contributed by atoms with Crippen LogP contribution in [0.4, 0.5) is 22.7 Å². The highest BCUT2D eigenvalue weighted by atomic mass is 35.5. The number of aryl methyl sites for hydroxylation is 2. The average Bonchev–Trinajstić information content (AvgIpc) is 1.27. The number of ether oxygens (including phenoxy) is 4. The van der Waals surface area contributed by atoms with Gasteiger partial charge in [0.15, 0.2) is 0 Å². The van der Waals surface area contributed by atoms with E-state index in [-0.39, 0.29) is 43.5 Å². The summed E-state index contributed by atoms with van der Waals surface area (Å²) < 4.78 is 75.1. The SMILES string of the molecule is CC1(C)CCC(CN2CCN(c3ccc(C(=O)NS(=O)(=O)c4ccc(CCC5CCOCC5)c([N+](=O)[O-])c4)c(Oc4cnc5[nH]ccc5c4)c3)CC2)=C(c2ccc(Cl)cc2)C1.CC1(C)CCC(CN2CCN(c3ccc(C(=O)O)c(Oc4cnc5[nH]ccc5c4)c3)CC2)=C(c2ccc(Cl)cc2)C1.NS(=O)(=O)c1ccc(CCC2CCOCC2)c([N+](=O)[O-])c1. The molecular formula is C92H104Cl2N12O15S2. The number of nitrogens with zero attached hydrogens (tertiary/aromatic N) is 8. The van der Waals surface area contributed by atoms with Crippen LogP contribution in [-0.2, 0) is 42.4 Å². The molecule has 4 fully saturated rings. The number of nitrogens with one attached hydrogen (secondary N) is 3. The zero-order valence-corrected chi connectivity index (χ0v) is 72.7. The van der Waals surface area contributed by atoms with Gasteiger partial charge in [-0.25, -0.2) is 41.5 Å². The molecule has 0 bridgehead atoms. The highest BCUT2D eigenvalue weighted by Crippen LogP contribution is 2.46. The molecule has 1 amide bonds. The number of H-pyrrole nitrogens is 2. The summed E-state index contributed by atoms with van der Waals surface area (Å²) in [6.07, 6.45) is 19.6. The fraction of sp³-hybridized carbons (Fsp3) is 0.391. The number of piperazine rings is 2. The monoisotopic (exact) mass is 1750 g/mol. The number of sulfonamides is 2. The quantitative estimate of drug-likeness (QED) is 0.0262. The molecule has 4 aliphatic heterocycles. The number of hydrogen-bond acceptors (Lipinski definition) is 20. The Morgan fingerprint density at radius 3 is 1.40 bits per heavy atom. The molecule has 123 heavy (non-hydrogen) atoms. The molecule has 6 N–H and O–H groups in total. The van der Waals surface area contributed by atoms with Gasteiger partial charge in [-0.05, 0) is 220 Å². The van der Waals surface area contributed by atoms with Crippen LogP contribution in [0.3, 0.4) is 0 Å². The van der Waals surface area contributed by atoms with E-state index in [0.29, 0.717) is 77.3 Å². The van der Waals surface area contributed by atoms with Crippen molar-refractivity contribution in [3.8, 4) is 23.0 Å². The average molecular weight is 1750 g/mol. The minimum absolute atomic E-state index is 0.0235. The normalized spacial score (nSPS) is 17.6. The molecule has 6 aliphatic rings. The summed E-state index contributed by atoms with van der Waals surface area (Å²) >= 11 is 12.4. The number of aromatic nitrogens is 4. The second-order valence-corrected chi connectivity index (χ2v) is 38.3. The van der Waals surface area contributed by atoms with Crippen molar-refractivity contribution in [3.05, 3.63) is 245 Å². The van der Waals surface area contributed by atoms with Crippen LogP contribution < -0.4 is 29.1 Å². The van der Waals surface area contributed by atoms with Gasteiger partial charge in [-0.15, -0.1) is 0 Å². The summed E-state index contributed by atoms with van der Waals surface area (Å²) in [5, 5.41) is 41.2. The van der Waals surface area contributed by atoms with Crippen molar-refractivity contribution in [2.24, 2.45) is 27.8 Å². The zero-order valence-electron chi connectivity index (χ0n) is 69.5. The van der Waals surface area contributed by atoms with Crippen molar-refractivity contribution >= 4 is 111 Å². The fourth-order valence-corrected chi connectivity index (χ4v) is 18.9. The lowest BCUT2D eigenvalue weighted by atomic mass is 9.72. The smallest absolute Gasteiger partial charge is 0.339 e. The highest BCUT2D eigenvalue weighted by molar-refractivity contribution is 7.90. The number of halogens is 2. The molecule has 0 atom stereocenters. The van der Waals surface area contributed by atoms with Crippen molar-refractivity contribution in [2.75, 3.05) is 102 Å². The number of fused-ring (bicyclic) bond motifs is 2. The Morgan fingerprint density at radius 2 is 0.976 bits per heavy atom. The third kappa shape index (κ3) is 23.1. The number of aromatic carboxylic acids is 1. The summed E-state index contributed by atoms with van der Waals surface area (Å²) in [6.45, 7) is 20.8.